The summed E-state index contributed by atoms with van der Waals surface area (Å²) in [5.74, 6) is 2.95. The number of hydrogen-bond acceptors (Lipinski definition) is 4. The number of phenolic OH excluding ortho intramolecular Hbond substituents is 1. The van der Waals surface area contributed by atoms with E-state index in [0.29, 0.717) is 29.1 Å². The van der Waals surface area contributed by atoms with E-state index in [9.17, 15) is 5.11 Å². The molecule has 5 nitrogen and oxygen atoms in total. The maximum Gasteiger partial charge on any atom is 0.153 e. The first kappa shape index (κ1) is 44.5. The van der Waals surface area contributed by atoms with E-state index >= 15 is 0 Å². The number of hydrogen-bond donors (Lipinski definition) is 1. The second-order valence-electron chi connectivity index (χ2n) is 21.1. The summed E-state index contributed by atoms with van der Waals surface area (Å²) in [7, 11) is 0. The monoisotopic (exact) mass is 869 g/mol. The van der Waals surface area contributed by atoms with Gasteiger partial charge in [0.05, 0.1) is 34.2 Å². The third-order valence-electron chi connectivity index (χ3n) is 13.2. The Morgan fingerprint density at radius 2 is 1.21 bits per heavy atom. The van der Waals surface area contributed by atoms with Crippen molar-refractivity contribution in [3.8, 4) is 67.7 Å². The number of imidazole rings is 1. The van der Waals surface area contributed by atoms with Gasteiger partial charge in [-0.25, -0.2) is 4.98 Å². The summed E-state index contributed by atoms with van der Waals surface area (Å²) in [4.78, 5) is 10.6. The number of nitrogens with zero attached hydrogens (tertiary/aromatic N) is 3. The zero-order valence-corrected chi connectivity index (χ0v) is 40.7. The Morgan fingerprint density at radius 3 is 1.88 bits per heavy atom. The summed E-state index contributed by atoms with van der Waals surface area (Å²) in [5.41, 5.74) is 17.1. The van der Waals surface area contributed by atoms with E-state index in [0.717, 1.165) is 78.1 Å². The molecule has 9 rings (SSSR count). The first-order valence-corrected chi connectivity index (χ1v) is 23.6. The van der Waals surface area contributed by atoms with Crippen molar-refractivity contribution < 1.29 is 9.52 Å². The molecule has 0 radical (unpaired) electrons. The predicted molar refractivity (Wildman–Crippen MR) is 277 cm³/mol. The van der Waals surface area contributed by atoms with Crippen molar-refractivity contribution in [1.29, 1.82) is 0 Å². The van der Waals surface area contributed by atoms with E-state index < -0.39 is 0 Å². The van der Waals surface area contributed by atoms with E-state index in [2.05, 4.69) is 215 Å². The van der Waals surface area contributed by atoms with Crippen LogP contribution in [0.5, 0.6) is 5.75 Å². The van der Waals surface area contributed by atoms with Gasteiger partial charge >= 0.3 is 0 Å². The van der Waals surface area contributed by atoms with Crippen LogP contribution in [0.1, 0.15) is 129 Å². The number of fused-ring (bicyclic) bond motifs is 2. The van der Waals surface area contributed by atoms with Gasteiger partial charge in [0.1, 0.15) is 17.3 Å². The second kappa shape index (κ2) is 16.9. The number of phenols is 1. The zero-order valence-electron chi connectivity index (χ0n) is 40.7. The van der Waals surface area contributed by atoms with Crippen LogP contribution in [0.4, 0.5) is 0 Å². The van der Waals surface area contributed by atoms with Gasteiger partial charge in [-0.3, -0.25) is 9.55 Å². The summed E-state index contributed by atoms with van der Waals surface area (Å²) in [6.45, 7) is 26.8. The minimum Gasteiger partial charge on any atom is -0.507 e. The molecule has 0 aliphatic carbocycles. The maximum absolute atomic E-state index is 12.4. The fourth-order valence-electron chi connectivity index (χ4n) is 9.41. The number of rotatable bonds is 9. The highest BCUT2D eigenvalue weighted by Crippen LogP contribution is 2.46. The summed E-state index contributed by atoms with van der Waals surface area (Å²) in [5, 5.41) is 13.4. The average molecular weight is 870 g/mol. The molecule has 3 aromatic heterocycles. The van der Waals surface area contributed by atoms with Gasteiger partial charge in [-0.15, -0.1) is 0 Å². The molecule has 0 aliphatic rings. The van der Waals surface area contributed by atoms with Crippen LogP contribution in [-0.4, -0.2) is 19.6 Å². The molecular weight excluding hydrogens is 807 g/mol. The summed E-state index contributed by atoms with van der Waals surface area (Å²) < 4.78 is 8.91. The average Bonchev–Trinajstić information content (AvgIpc) is 3.90. The summed E-state index contributed by atoms with van der Waals surface area (Å²) in [6.07, 6.45) is 1.87. The molecule has 0 saturated heterocycles. The van der Waals surface area contributed by atoms with Crippen molar-refractivity contribution in [3.63, 3.8) is 0 Å². The van der Waals surface area contributed by atoms with Crippen LogP contribution in [-0.2, 0) is 10.8 Å². The van der Waals surface area contributed by atoms with Crippen LogP contribution in [0.2, 0.25) is 0 Å². The lowest BCUT2D eigenvalue weighted by Gasteiger charge is -2.27. The molecule has 0 atom stereocenters. The molecule has 1 N–H and O–H groups in total. The van der Waals surface area contributed by atoms with E-state index in [4.69, 9.17) is 14.4 Å². The Hall–Kier alpha value is -6.72. The molecule has 0 spiro atoms. The van der Waals surface area contributed by atoms with Crippen molar-refractivity contribution in [2.75, 3.05) is 0 Å². The standard InChI is InChI=1S/C61H63N3O2/c1-36(2)42-29-47(37(3)4)56(48(30-42)38(5)6)54-32-43-31-51(62-35-55(43)66-54)41-23-18-22-40(28-41)46-25-19-27-53-57(46)63-59(49-33-44(60(7,8)9)34-50(58(49)65)61(10,11)12)64(53)52-26-17-16-24-45(52)39-20-14-13-15-21-39/h13-38,65H,1-12H3. The van der Waals surface area contributed by atoms with Gasteiger partial charge in [0.25, 0.3) is 0 Å². The zero-order chi connectivity index (χ0) is 46.8. The lowest BCUT2D eigenvalue weighted by Crippen LogP contribution is -2.17. The van der Waals surface area contributed by atoms with Gasteiger partial charge in [0.15, 0.2) is 5.58 Å². The molecule has 0 aliphatic heterocycles. The Morgan fingerprint density at radius 1 is 0.576 bits per heavy atom. The molecule has 0 bridgehead atoms. The SMILES string of the molecule is CC(C)c1cc(C(C)C)c(-c2cc3cc(-c4cccc(-c5cccc6c5nc(-c5cc(C(C)(C)C)cc(C(C)(C)C)c5O)n6-c5ccccc5-c5ccccc5)c4)ncc3o2)c(C(C)C)c1. The fourth-order valence-corrected chi connectivity index (χ4v) is 9.41. The first-order chi connectivity index (χ1) is 31.4. The van der Waals surface area contributed by atoms with Crippen molar-refractivity contribution in [3.05, 3.63) is 167 Å². The van der Waals surface area contributed by atoms with Crippen LogP contribution in [0, 0.1) is 0 Å². The highest BCUT2D eigenvalue weighted by atomic mass is 16.3. The molecule has 3 heterocycles. The Bertz CT molecular complexity index is 3230. The predicted octanol–water partition coefficient (Wildman–Crippen LogP) is 17.2. The van der Waals surface area contributed by atoms with E-state index in [1.807, 2.05) is 12.3 Å². The quantitative estimate of drug-likeness (QED) is 0.157. The number of aromatic hydroxyl groups is 1. The van der Waals surface area contributed by atoms with Gasteiger partial charge in [-0.1, -0.05) is 180 Å². The van der Waals surface area contributed by atoms with Crippen LogP contribution in [0.15, 0.2) is 144 Å². The molecule has 0 fully saturated rings. The molecule has 0 amide bonds. The van der Waals surface area contributed by atoms with Gasteiger partial charge in [0.2, 0.25) is 0 Å². The van der Waals surface area contributed by atoms with Gasteiger partial charge in [0, 0.05) is 33.2 Å². The first-order valence-electron chi connectivity index (χ1n) is 23.6. The molecule has 0 saturated carbocycles. The minimum atomic E-state index is -0.313. The molecule has 0 unspecified atom stereocenters. The molecular formula is C61H63N3O2. The van der Waals surface area contributed by atoms with Crippen LogP contribution < -0.4 is 0 Å². The van der Waals surface area contributed by atoms with Crippen molar-refractivity contribution >= 4 is 22.0 Å². The smallest absolute Gasteiger partial charge is 0.153 e. The third-order valence-corrected chi connectivity index (χ3v) is 13.2. The van der Waals surface area contributed by atoms with Crippen molar-refractivity contribution in [2.45, 2.75) is 112 Å². The molecule has 5 heteroatoms. The van der Waals surface area contributed by atoms with Crippen molar-refractivity contribution in [1.82, 2.24) is 14.5 Å². The van der Waals surface area contributed by atoms with Crippen LogP contribution in [0.3, 0.4) is 0 Å². The number of aromatic nitrogens is 3. The third kappa shape index (κ3) is 8.14. The Labute approximate surface area is 391 Å². The maximum atomic E-state index is 12.4. The lowest BCUT2D eigenvalue weighted by molar-refractivity contribution is 0.446. The number of pyridine rings is 1. The molecule has 334 valence electrons. The largest absolute Gasteiger partial charge is 0.507 e. The number of benzene rings is 6. The van der Waals surface area contributed by atoms with E-state index in [-0.39, 0.29) is 16.6 Å². The highest BCUT2D eigenvalue weighted by molar-refractivity contribution is 5.98. The normalized spacial score (nSPS) is 12.4. The van der Waals surface area contributed by atoms with Crippen LogP contribution >= 0.6 is 0 Å². The topological polar surface area (TPSA) is 64.1 Å². The molecule has 9 aromatic rings. The van der Waals surface area contributed by atoms with Crippen LogP contribution in [0.25, 0.3) is 83.9 Å². The molecule has 66 heavy (non-hydrogen) atoms. The lowest BCUT2D eigenvalue weighted by atomic mass is 9.79. The minimum absolute atomic E-state index is 0.172. The molecule has 6 aromatic carbocycles. The van der Waals surface area contributed by atoms with Gasteiger partial charge < -0.3 is 9.52 Å². The Balaban J connectivity index is 1.22. The highest BCUT2D eigenvalue weighted by Gasteiger charge is 2.29. The number of furan rings is 1. The van der Waals surface area contributed by atoms with Gasteiger partial charge in [-0.2, -0.15) is 0 Å². The van der Waals surface area contributed by atoms with Gasteiger partial charge in [-0.05, 0) is 98.4 Å². The second-order valence-corrected chi connectivity index (χ2v) is 21.1. The summed E-state index contributed by atoms with van der Waals surface area (Å²) >= 11 is 0. The van der Waals surface area contributed by atoms with E-state index in [1.165, 1.54) is 22.3 Å². The van der Waals surface area contributed by atoms with E-state index in [1.54, 1.807) is 0 Å². The summed E-state index contributed by atoms with van der Waals surface area (Å²) in [6, 6.07) is 47.4. The fraction of sp³-hybridized carbons (Fsp3) is 0.279. The van der Waals surface area contributed by atoms with Crippen molar-refractivity contribution in [2.24, 2.45) is 0 Å². The number of para-hydroxylation sites is 2. The Kier molecular flexibility index (Phi) is 11.4.